The molecule has 0 aliphatic heterocycles. The number of para-hydroxylation sites is 2. The Morgan fingerprint density at radius 2 is 1.93 bits per heavy atom. The third-order valence-electron chi connectivity index (χ3n) is 4.54. The minimum atomic E-state index is -0.167. The number of nitrogens with zero attached hydrogens (tertiary/aromatic N) is 2. The van der Waals surface area contributed by atoms with Crippen LogP contribution in [-0.4, -0.2) is 41.3 Å². The fourth-order valence-corrected chi connectivity index (χ4v) is 3.74. The zero-order valence-electron chi connectivity index (χ0n) is 15.6. The van der Waals surface area contributed by atoms with Gasteiger partial charge >= 0.3 is 0 Å². The van der Waals surface area contributed by atoms with Crippen LogP contribution in [-0.2, 0) is 10.5 Å². The number of rotatable bonds is 7. The molecule has 0 atom stereocenters. The summed E-state index contributed by atoms with van der Waals surface area (Å²) in [5, 5.41) is 3.48. The third-order valence-corrected chi connectivity index (χ3v) is 5.42. The van der Waals surface area contributed by atoms with Crippen molar-refractivity contribution in [2.24, 2.45) is 0 Å². The van der Waals surface area contributed by atoms with Crippen molar-refractivity contribution in [1.82, 2.24) is 15.2 Å². The number of carbonyl (C=O) groups is 2. The number of fused-ring (bicyclic) bond motifs is 1. The summed E-state index contributed by atoms with van der Waals surface area (Å²) in [5.41, 5.74) is 3.04. The summed E-state index contributed by atoms with van der Waals surface area (Å²) in [6, 6.07) is 15.3. The van der Waals surface area contributed by atoms with Gasteiger partial charge in [-0.1, -0.05) is 42.1 Å². The quantitative estimate of drug-likeness (QED) is 0.620. The van der Waals surface area contributed by atoms with Crippen LogP contribution in [0.5, 0.6) is 0 Å². The lowest BCUT2D eigenvalue weighted by molar-refractivity contribution is -0.121. The van der Waals surface area contributed by atoms with Crippen LogP contribution in [0.15, 0.2) is 58.2 Å². The van der Waals surface area contributed by atoms with Crippen LogP contribution in [0.3, 0.4) is 0 Å². The molecule has 0 radical (unpaired) electrons. The minimum Gasteiger partial charge on any atom is -0.431 e. The van der Waals surface area contributed by atoms with E-state index in [1.54, 1.807) is 13.1 Å². The molecule has 0 bridgehead atoms. The molecule has 4 rings (SSSR count). The van der Waals surface area contributed by atoms with E-state index >= 15 is 0 Å². The lowest BCUT2D eigenvalue weighted by Gasteiger charge is -2.18. The van der Waals surface area contributed by atoms with Gasteiger partial charge in [-0.2, -0.15) is 0 Å². The molecule has 6 nitrogen and oxygen atoms in total. The van der Waals surface area contributed by atoms with Crippen molar-refractivity contribution >= 4 is 34.7 Å². The van der Waals surface area contributed by atoms with Crippen molar-refractivity contribution in [2.45, 2.75) is 29.9 Å². The first-order valence-electron chi connectivity index (χ1n) is 9.21. The summed E-state index contributed by atoms with van der Waals surface area (Å²) in [4.78, 5) is 30.8. The second-order valence-electron chi connectivity index (χ2n) is 6.90. The average Bonchev–Trinajstić information content (AvgIpc) is 3.40. The molecular formula is C21H21N3O3S. The van der Waals surface area contributed by atoms with E-state index in [9.17, 15) is 9.59 Å². The molecule has 1 heterocycles. The van der Waals surface area contributed by atoms with Crippen molar-refractivity contribution in [2.75, 3.05) is 13.6 Å². The number of likely N-dealkylation sites (N-methyl/N-ethyl adjacent to an activating group) is 1. The average molecular weight is 395 g/mol. The molecule has 0 spiro atoms. The largest absolute Gasteiger partial charge is 0.431 e. The molecular weight excluding hydrogens is 374 g/mol. The summed E-state index contributed by atoms with van der Waals surface area (Å²) in [6.45, 7) is 0.0575. The Bertz CT molecular complexity index is 980. The predicted molar refractivity (Wildman–Crippen MR) is 108 cm³/mol. The van der Waals surface area contributed by atoms with Gasteiger partial charge in [-0.15, -0.1) is 0 Å². The van der Waals surface area contributed by atoms with Crippen LogP contribution < -0.4 is 5.32 Å². The van der Waals surface area contributed by atoms with Gasteiger partial charge in [-0.25, -0.2) is 4.98 Å². The number of amides is 2. The summed E-state index contributed by atoms with van der Waals surface area (Å²) in [5.74, 6) is 0.271. The Kier molecular flexibility index (Phi) is 5.34. The van der Waals surface area contributed by atoms with Crippen LogP contribution in [0.1, 0.15) is 28.8 Å². The Morgan fingerprint density at radius 1 is 1.18 bits per heavy atom. The van der Waals surface area contributed by atoms with Crippen molar-refractivity contribution in [1.29, 1.82) is 0 Å². The first-order valence-corrected chi connectivity index (χ1v) is 10.2. The second-order valence-corrected chi connectivity index (χ2v) is 7.82. The van der Waals surface area contributed by atoms with E-state index in [-0.39, 0.29) is 24.4 Å². The smallest absolute Gasteiger partial charge is 0.257 e. The van der Waals surface area contributed by atoms with Crippen LogP contribution in [0.25, 0.3) is 11.1 Å². The summed E-state index contributed by atoms with van der Waals surface area (Å²) in [7, 11) is 1.65. The molecule has 2 aromatic carbocycles. The Labute approximate surface area is 167 Å². The van der Waals surface area contributed by atoms with E-state index < -0.39 is 0 Å². The highest BCUT2D eigenvalue weighted by atomic mass is 32.2. The SMILES string of the molecule is CN(CC(=O)NC1CC1)C(=O)c1ccccc1CSc1nc2ccccc2o1. The standard InChI is InChI=1S/C21H21N3O3S/c1-24(12-19(25)22-15-10-11-15)20(26)16-7-3-2-6-14(16)13-28-21-23-17-8-4-5-9-18(17)27-21/h2-9,15H,10-13H2,1H3,(H,22,25). The molecule has 1 aliphatic rings. The molecule has 1 fully saturated rings. The molecule has 7 heteroatoms. The predicted octanol–water partition coefficient (Wildman–Crippen LogP) is 3.47. The Morgan fingerprint density at radius 3 is 2.71 bits per heavy atom. The van der Waals surface area contributed by atoms with Crippen LogP contribution >= 0.6 is 11.8 Å². The van der Waals surface area contributed by atoms with E-state index in [0.29, 0.717) is 16.5 Å². The number of oxazole rings is 1. The number of aromatic nitrogens is 1. The lowest BCUT2D eigenvalue weighted by atomic mass is 10.1. The van der Waals surface area contributed by atoms with E-state index in [1.807, 2.05) is 42.5 Å². The van der Waals surface area contributed by atoms with Gasteiger partial charge in [0.05, 0.1) is 6.54 Å². The first-order chi connectivity index (χ1) is 13.6. The highest BCUT2D eigenvalue weighted by Crippen LogP contribution is 2.27. The molecule has 0 unspecified atom stereocenters. The molecule has 28 heavy (non-hydrogen) atoms. The highest BCUT2D eigenvalue weighted by molar-refractivity contribution is 7.98. The molecule has 1 saturated carbocycles. The number of hydrogen-bond acceptors (Lipinski definition) is 5. The number of thioether (sulfide) groups is 1. The molecule has 144 valence electrons. The summed E-state index contributed by atoms with van der Waals surface area (Å²) >= 11 is 1.45. The molecule has 3 aromatic rings. The van der Waals surface area contributed by atoms with E-state index in [0.717, 1.165) is 29.5 Å². The maximum Gasteiger partial charge on any atom is 0.257 e. The fraction of sp³-hybridized carbons (Fsp3) is 0.286. The van der Waals surface area contributed by atoms with Crippen LogP contribution in [0.4, 0.5) is 0 Å². The van der Waals surface area contributed by atoms with Crippen LogP contribution in [0, 0.1) is 0 Å². The molecule has 1 aliphatic carbocycles. The van der Waals surface area contributed by atoms with Gasteiger partial charge in [0, 0.05) is 24.4 Å². The summed E-state index contributed by atoms with van der Waals surface area (Å²) < 4.78 is 5.74. The first kappa shape index (κ1) is 18.6. The van der Waals surface area contributed by atoms with Gasteiger partial charge in [-0.3, -0.25) is 9.59 Å². The van der Waals surface area contributed by atoms with Gasteiger partial charge in [0.15, 0.2) is 5.58 Å². The number of nitrogens with one attached hydrogen (secondary N) is 1. The fourth-order valence-electron chi connectivity index (χ4n) is 2.90. The van der Waals surface area contributed by atoms with E-state index in [4.69, 9.17) is 4.42 Å². The maximum atomic E-state index is 12.9. The van der Waals surface area contributed by atoms with Gasteiger partial charge in [-0.05, 0) is 36.6 Å². The van der Waals surface area contributed by atoms with Gasteiger partial charge < -0.3 is 14.6 Å². The lowest BCUT2D eigenvalue weighted by Crippen LogP contribution is -2.39. The molecule has 1 N–H and O–H groups in total. The Balaban J connectivity index is 1.43. The van der Waals surface area contributed by atoms with E-state index in [1.165, 1.54) is 16.7 Å². The summed E-state index contributed by atoms with van der Waals surface area (Å²) in [6.07, 6.45) is 2.05. The van der Waals surface area contributed by atoms with Gasteiger partial charge in [0.2, 0.25) is 5.91 Å². The highest BCUT2D eigenvalue weighted by Gasteiger charge is 2.25. The zero-order chi connectivity index (χ0) is 19.5. The normalized spacial score (nSPS) is 13.5. The molecule has 0 saturated heterocycles. The van der Waals surface area contributed by atoms with Crippen molar-refractivity contribution in [3.8, 4) is 0 Å². The second kappa shape index (κ2) is 8.06. The number of benzene rings is 2. The molecule has 2 amide bonds. The van der Waals surface area contributed by atoms with E-state index in [2.05, 4.69) is 10.3 Å². The van der Waals surface area contributed by atoms with Crippen molar-refractivity contribution < 1.29 is 14.0 Å². The minimum absolute atomic E-state index is 0.0575. The monoisotopic (exact) mass is 395 g/mol. The Hall–Kier alpha value is -2.80. The molecule has 1 aromatic heterocycles. The van der Waals surface area contributed by atoms with Crippen molar-refractivity contribution in [3.63, 3.8) is 0 Å². The van der Waals surface area contributed by atoms with Gasteiger partial charge in [0.1, 0.15) is 5.52 Å². The van der Waals surface area contributed by atoms with Gasteiger partial charge in [0.25, 0.3) is 11.1 Å². The maximum absolute atomic E-state index is 12.9. The van der Waals surface area contributed by atoms with Crippen LogP contribution in [0.2, 0.25) is 0 Å². The van der Waals surface area contributed by atoms with Crippen molar-refractivity contribution in [3.05, 3.63) is 59.7 Å². The number of carbonyl (C=O) groups excluding carboxylic acids is 2. The zero-order valence-corrected chi connectivity index (χ0v) is 16.4. The topological polar surface area (TPSA) is 75.4 Å². The number of hydrogen-bond donors (Lipinski definition) is 1. The third kappa shape index (κ3) is 4.36.